The Hall–Kier alpha value is -2.25. The van der Waals surface area contributed by atoms with Crippen molar-refractivity contribution in [2.45, 2.75) is 58.0 Å². The molecule has 0 aromatic heterocycles. The minimum absolute atomic E-state index is 0.0973. The zero-order valence-corrected chi connectivity index (χ0v) is 21.4. The van der Waals surface area contributed by atoms with Gasteiger partial charge in [0.2, 0.25) is 11.8 Å². The number of benzene rings is 2. The third kappa shape index (κ3) is 8.23. The van der Waals surface area contributed by atoms with Crippen molar-refractivity contribution in [3.63, 3.8) is 0 Å². The van der Waals surface area contributed by atoms with Crippen LogP contribution in [0.15, 0.2) is 42.5 Å². The maximum Gasteiger partial charge on any atom is 0.243 e. The van der Waals surface area contributed by atoms with E-state index in [1.807, 2.05) is 52.0 Å². The molecule has 0 aliphatic carbocycles. The van der Waals surface area contributed by atoms with Crippen molar-refractivity contribution in [2.75, 3.05) is 12.9 Å². The van der Waals surface area contributed by atoms with Crippen molar-refractivity contribution in [3.05, 3.63) is 64.4 Å². The van der Waals surface area contributed by atoms with Crippen LogP contribution in [0.4, 0.5) is 4.39 Å². The summed E-state index contributed by atoms with van der Waals surface area (Å²) in [4.78, 5) is 27.9. The normalized spacial score (nSPS) is 12.2. The van der Waals surface area contributed by atoms with Crippen LogP contribution < -0.4 is 10.1 Å². The Morgan fingerprint density at radius 2 is 1.85 bits per heavy atom. The quantitative estimate of drug-likeness (QED) is 0.477. The molecule has 2 aromatic rings. The van der Waals surface area contributed by atoms with Crippen LogP contribution >= 0.6 is 23.4 Å². The Morgan fingerprint density at radius 1 is 1.18 bits per heavy atom. The van der Waals surface area contributed by atoms with Gasteiger partial charge in [-0.25, -0.2) is 4.39 Å². The van der Waals surface area contributed by atoms with Crippen LogP contribution in [0.3, 0.4) is 0 Å². The average molecular weight is 495 g/mol. The Labute approximate surface area is 205 Å². The topological polar surface area (TPSA) is 58.6 Å². The van der Waals surface area contributed by atoms with E-state index in [2.05, 4.69) is 5.32 Å². The van der Waals surface area contributed by atoms with Crippen molar-refractivity contribution in [3.8, 4) is 5.75 Å². The lowest BCUT2D eigenvalue weighted by molar-refractivity contribution is -0.140. The summed E-state index contributed by atoms with van der Waals surface area (Å²) in [5.74, 6) is 0.284. The highest BCUT2D eigenvalue weighted by Gasteiger charge is 2.30. The first-order chi connectivity index (χ1) is 15.6. The number of ether oxygens (including phenoxy) is 1. The van der Waals surface area contributed by atoms with Gasteiger partial charge in [-0.1, -0.05) is 36.7 Å². The molecule has 33 heavy (non-hydrogen) atoms. The molecule has 0 saturated heterocycles. The maximum absolute atomic E-state index is 14.1. The van der Waals surface area contributed by atoms with Gasteiger partial charge in [-0.3, -0.25) is 9.59 Å². The molecule has 0 unspecified atom stereocenters. The molecule has 2 rings (SSSR count). The number of hydrogen-bond acceptors (Lipinski definition) is 4. The molecule has 0 aliphatic rings. The lowest BCUT2D eigenvalue weighted by Crippen LogP contribution is -2.53. The molecule has 0 fully saturated rings. The van der Waals surface area contributed by atoms with Crippen LogP contribution in [0.1, 0.15) is 45.2 Å². The zero-order valence-electron chi connectivity index (χ0n) is 19.8. The number of rotatable bonds is 10. The molecule has 0 spiro atoms. The van der Waals surface area contributed by atoms with E-state index in [1.165, 1.54) is 17.8 Å². The van der Waals surface area contributed by atoms with Crippen molar-refractivity contribution >= 4 is 35.2 Å². The molecular weight excluding hydrogens is 463 g/mol. The first-order valence-corrected chi connectivity index (χ1v) is 12.3. The fraction of sp³-hybridized carbons (Fsp3) is 0.440. The minimum Gasteiger partial charge on any atom is -0.497 e. The number of nitrogens with one attached hydrogen (secondary N) is 1. The van der Waals surface area contributed by atoms with Gasteiger partial charge in [0.05, 0.1) is 12.9 Å². The van der Waals surface area contributed by atoms with Gasteiger partial charge in [0, 0.05) is 28.4 Å². The average Bonchev–Trinajstić information content (AvgIpc) is 2.74. The van der Waals surface area contributed by atoms with Crippen LogP contribution in [0.5, 0.6) is 5.75 Å². The van der Waals surface area contributed by atoms with Gasteiger partial charge >= 0.3 is 0 Å². The number of thioether (sulfide) groups is 1. The molecule has 0 aliphatic heterocycles. The first kappa shape index (κ1) is 27.0. The number of halogens is 2. The largest absolute Gasteiger partial charge is 0.497 e. The van der Waals surface area contributed by atoms with Gasteiger partial charge < -0.3 is 15.0 Å². The minimum atomic E-state index is -0.628. The molecule has 180 valence electrons. The van der Waals surface area contributed by atoms with E-state index in [0.29, 0.717) is 22.8 Å². The van der Waals surface area contributed by atoms with Crippen molar-refractivity contribution in [2.24, 2.45) is 0 Å². The molecular formula is C25H32ClFN2O3S. The summed E-state index contributed by atoms with van der Waals surface area (Å²) >= 11 is 7.38. The van der Waals surface area contributed by atoms with Crippen LogP contribution in [-0.4, -0.2) is 41.2 Å². The third-order valence-electron chi connectivity index (χ3n) is 4.93. The second-order valence-corrected chi connectivity index (χ2v) is 10.1. The van der Waals surface area contributed by atoms with Crippen molar-refractivity contribution < 1.29 is 18.7 Å². The standard InChI is InChI=1S/C25H32ClFN2O3S/c1-6-22(24(31)28-25(2,3)4)29(14-17-10-12-18(32-5)13-11-17)23(30)16-33-15-19-20(26)8-7-9-21(19)27/h7-13,22H,6,14-16H2,1-5H3,(H,28,31)/t22-/m1/s1. The molecule has 8 heteroatoms. The molecule has 0 heterocycles. The van der Waals surface area contributed by atoms with Crippen LogP contribution in [0, 0.1) is 5.82 Å². The Balaban J connectivity index is 2.20. The summed E-state index contributed by atoms with van der Waals surface area (Å²) in [5.41, 5.74) is 0.833. The summed E-state index contributed by atoms with van der Waals surface area (Å²) in [6.45, 7) is 7.87. The highest BCUT2D eigenvalue weighted by molar-refractivity contribution is 7.99. The molecule has 1 atom stereocenters. The number of methoxy groups -OCH3 is 1. The summed E-state index contributed by atoms with van der Waals surface area (Å²) in [5, 5.41) is 3.31. The predicted molar refractivity (Wildman–Crippen MR) is 133 cm³/mol. The van der Waals surface area contributed by atoms with E-state index in [9.17, 15) is 14.0 Å². The summed E-state index contributed by atoms with van der Waals surface area (Å²) < 4.78 is 19.3. The molecule has 0 bridgehead atoms. The van der Waals surface area contributed by atoms with Gasteiger partial charge in [-0.15, -0.1) is 11.8 Å². The van der Waals surface area contributed by atoms with E-state index in [-0.39, 0.29) is 29.9 Å². The molecule has 0 saturated carbocycles. The lowest BCUT2D eigenvalue weighted by atomic mass is 10.1. The highest BCUT2D eigenvalue weighted by atomic mass is 35.5. The fourth-order valence-corrected chi connectivity index (χ4v) is 4.54. The van der Waals surface area contributed by atoms with E-state index in [1.54, 1.807) is 24.1 Å². The Kier molecular flexibility index (Phi) is 10.0. The number of hydrogen-bond donors (Lipinski definition) is 1. The van der Waals surface area contributed by atoms with Crippen LogP contribution in [-0.2, 0) is 21.9 Å². The molecule has 0 radical (unpaired) electrons. The van der Waals surface area contributed by atoms with E-state index in [4.69, 9.17) is 16.3 Å². The zero-order chi connectivity index (χ0) is 24.6. The van der Waals surface area contributed by atoms with Crippen molar-refractivity contribution in [1.29, 1.82) is 0 Å². The van der Waals surface area contributed by atoms with E-state index in [0.717, 1.165) is 5.56 Å². The summed E-state index contributed by atoms with van der Waals surface area (Å²) in [7, 11) is 1.59. The maximum atomic E-state index is 14.1. The monoisotopic (exact) mass is 494 g/mol. The Morgan fingerprint density at radius 3 is 2.39 bits per heavy atom. The molecule has 2 amide bonds. The number of nitrogens with zero attached hydrogens (tertiary/aromatic N) is 1. The molecule has 5 nitrogen and oxygen atoms in total. The number of carbonyl (C=O) groups is 2. The second-order valence-electron chi connectivity index (χ2n) is 8.73. The fourth-order valence-electron chi connectivity index (χ4n) is 3.29. The summed E-state index contributed by atoms with van der Waals surface area (Å²) in [6.07, 6.45) is 0.466. The predicted octanol–water partition coefficient (Wildman–Crippen LogP) is 5.44. The van der Waals surface area contributed by atoms with Gasteiger partial charge in [0.25, 0.3) is 0 Å². The van der Waals surface area contributed by atoms with E-state index < -0.39 is 17.4 Å². The third-order valence-corrected chi connectivity index (χ3v) is 6.23. The van der Waals surface area contributed by atoms with Gasteiger partial charge in [-0.05, 0) is 57.0 Å². The lowest BCUT2D eigenvalue weighted by Gasteiger charge is -2.33. The number of carbonyl (C=O) groups excluding carboxylic acids is 2. The Bertz CT molecular complexity index is 927. The highest BCUT2D eigenvalue weighted by Crippen LogP contribution is 2.25. The van der Waals surface area contributed by atoms with Gasteiger partial charge in [0.1, 0.15) is 17.6 Å². The van der Waals surface area contributed by atoms with E-state index >= 15 is 0 Å². The molecule has 1 N–H and O–H groups in total. The number of amides is 2. The molecule has 2 aromatic carbocycles. The van der Waals surface area contributed by atoms with Crippen molar-refractivity contribution in [1.82, 2.24) is 10.2 Å². The van der Waals surface area contributed by atoms with Gasteiger partial charge in [-0.2, -0.15) is 0 Å². The van der Waals surface area contributed by atoms with Crippen LogP contribution in [0.25, 0.3) is 0 Å². The SMILES string of the molecule is CC[C@H](C(=O)NC(C)(C)C)N(Cc1ccc(OC)cc1)C(=O)CSCc1c(F)cccc1Cl. The van der Waals surface area contributed by atoms with Gasteiger partial charge in [0.15, 0.2) is 0 Å². The first-order valence-electron chi connectivity index (χ1n) is 10.8. The van der Waals surface area contributed by atoms with Crippen LogP contribution in [0.2, 0.25) is 5.02 Å². The summed E-state index contributed by atoms with van der Waals surface area (Å²) in [6, 6.07) is 11.3. The second kappa shape index (κ2) is 12.3. The smallest absolute Gasteiger partial charge is 0.243 e.